The summed E-state index contributed by atoms with van der Waals surface area (Å²) in [5.74, 6) is -0.627. The van der Waals surface area contributed by atoms with Crippen molar-refractivity contribution in [1.82, 2.24) is 4.90 Å². The Kier molecular flexibility index (Phi) is 7.06. The van der Waals surface area contributed by atoms with Gasteiger partial charge in [-0.1, -0.05) is 29.3 Å². The van der Waals surface area contributed by atoms with Gasteiger partial charge in [-0.25, -0.2) is 14.4 Å². The molecule has 1 saturated heterocycles. The molecule has 2 heterocycles. The number of nitrogens with two attached hydrogens (primary N) is 2. The Balaban J connectivity index is 1.86. The van der Waals surface area contributed by atoms with Crippen molar-refractivity contribution in [3.8, 4) is 10.4 Å². The van der Waals surface area contributed by atoms with Gasteiger partial charge in [0.15, 0.2) is 0 Å². The van der Waals surface area contributed by atoms with Crippen molar-refractivity contribution >= 4 is 57.6 Å². The molecule has 1 aliphatic heterocycles. The van der Waals surface area contributed by atoms with Gasteiger partial charge in [-0.15, -0.1) is 11.3 Å². The molecule has 0 saturated carbocycles. The Labute approximate surface area is 187 Å². The number of anilines is 1. The van der Waals surface area contributed by atoms with Crippen molar-refractivity contribution in [1.29, 1.82) is 0 Å². The Morgan fingerprint density at radius 2 is 1.90 bits per heavy atom. The maximum atomic E-state index is 12.9. The second-order valence-electron chi connectivity index (χ2n) is 6.78. The maximum absolute atomic E-state index is 12.9. The number of hydrogen-bond acceptors (Lipinski definition) is 5. The predicted molar refractivity (Wildman–Crippen MR) is 117 cm³/mol. The van der Waals surface area contributed by atoms with Gasteiger partial charge in [0.1, 0.15) is 11.1 Å². The van der Waals surface area contributed by atoms with E-state index in [9.17, 15) is 14.4 Å². The largest absolute Gasteiger partial charge is 0.457 e. The number of urea groups is 2. The number of primary amides is 2. The molecule has 160 valence electrons. The molecule has 3 rings (SSSR count). The summed E-state index contributed by atoms with van der Waals surface area (Å²) >= 11 is 13.2. The number of halogens is 2. The summed E-state index contributed by atoms with van der Waals surface area (Å²) in [5.41, 5.74) is 11.5. The highest BCUT2D eigenvalue weighted by Crippen LogP contribution is 2.38. The number of amides is 4. The zero-order valence-electron chi connectivity index (χ0n) is 15.8. The molecular formula is C19H20Cl2N4O4S. The molecule has 1 atom stereocenters. The Morgan fingerprint density at radius 1 is 1.13 bits per heavy atom. The van der Waals surface area contributed by atoms with Crippen LogP contribution in [0.15, 0.2) is 24.3 Å². The predicted octanol–water partition coefficient (Wildman–Crippen LogP) is 4.30. The molecule has 1 aromatic carbocycles. The summed E-state index contributed by atoms with van der Waals surface area (Å²) in [6, 6.07) is 5.30. The second-order valence-corrected chi connectivity index (χ2v) is 8.65. The summed E-state index contributed by atoms with van der Waals surface area (Å²) in [5, 5.41) is 3.48. The van der Waals surface area contributed by atoms with Gasteiger partial charge in [-0.05, 0) is 43.0 Å². The number of nitrogens with one attached hydrogen (secondary N) is 1. The van der Waals surface area contributed by atoms with E-state index in [-0.39, 0.29) is 17.1 Å². The van der Waals surface area contributed by atoms with Crippen LogP contribution in [0.3, 0.4) is 0 Å². The molecular weight excluding hydrogens is 451 g/mol. The highest BCUT2D eigenvalue weighted by atomic mass is 35.5. The van der Waals surface area contributed by atoms with E-state index >= 15 is 0 Å². The first-order valence-electron chi connectivity index (χ1n) is 9.15. The first kappa shape index (κ1) is 22.2. The number of rotatable bonds is 4. The first-order chi connectivity index (χ1) is 14.2. The fourth-order valence-corrected chi connectivity index (χ4v) is 4.50. The van der Waals surface area contributed by atoms with Crippen LogP contribution in [0.25, 0.3) is 10.4 Å². The van der Waals surface area contributed by atoms with Crippen molar-refractivity contribution in [2.24, 2.45) is 11.5 Å². The van der Waals surface area contributed by atoms with Gasteiger partial charge in [-0.3, -0.25) is 5.32 Å². The summed E-state index contributed by atoms with van der Waals surface area (Å²) < 4.78 is 5.63. The van der Waals surface area contributed by atoms with Crippen LogP contribution in [0, 0.1) is 0 Å². The quantitative estimate of drug-likeness (QED) is 0.575. The lowest BCUT2D eigenvalue weighted by molar-refractivity contribution is 0.0242. The number of carbonyl (C=O) groups excluding carboxylic acids is 3. The molecule has 5 N–H and O–H groups in total. The van der Waals surface area contributed by atoms with E-state index in [0.717, 1.165) is 29.7 Å². The Hall–Kier alpha value is -2.49. The van der Waals surface area contributed by atoms with Crippen molar-refractivity contribution in [2.75, 3.05) is 18.4 Å². The van der Waals surface area contributed by atoms with Crippen LogP contribution in [-0.2, 0) is 4.74 Å². The Morgan fingerprint density at radius 3 is 2.57 bits per heavy atom. The number of carbonyl (C=O) groups is 3. The van der Waals surface area contributed by atoms with Crippen molar-refractivity contribution < 1.29 is 19.1 Å². The fourth-order valence-electron chi connectivity index (χ4n) is 3.15. The minimum atomic E-state index is -0.805. The molecule has 0 bridgehead atoms. The molecule has 0 spiro atoms. The summed E-state index contributed by atoms with van der Waals surface area (Å²) in [4.78, 5) is 37.9. The number of likely N-dealkylation sites (tertiary alicyclic amines) is 1. The van der Waals surface area contributed by atoms with Crippen LogP contribution in [0.4, 0.5) is 14.6 Å². The van der Waals surface area contributed by atoms with Crippen LogP contribution >= 0.6 is 34.5 Å². The van der Waals surface area contributed by atoms with E-state index < -0.39 is 24.1 Å². The van der Waals surface area contributed by atoms with Gasteiger partial charge in [0, 0.05) is 11.4 Å². The highest BCUT2D eigenvalue weighted by molar-refractivity contribution is 7.20. The number of hydrogen-bond donors (Lipinski definition) is 3. The van der Waals surface area contributed by atoms with Crippen LogP contribution in [-0.4, -0.2) is 42.1 Å². The molecule has 0 aliphatic carbocycles. The third-order valence-electron chi connectivity index (χ3n) is 4.61. The lowest BCUT2D eigenvalue weighted by Gasteiger charge is -2.22. The van der Waals surface area contributed by atoms with E-state index in [0.29, 0.717) is 27.9 Å². The molecule has 8 nitrogen and oxygen atoms in total. The highest BCUT2D eigenvalue weighted by Gasteiger charge is 2.26. The van der Waals surface area contributed by atoms with Crippen LogP contribution in [0.1, 0.15) is 29.6 Å². The molecule has 0 radical (unpaired) electrons. The lowest BCUT2D eigenvalue weighted by atomic mass is 10.1. The topological polar surface area (TPSA) is 128 Å². The molecule has 1 unspecified atom stereocenters. The van der Waals surface area contributed by atoms with Crippen LogP contribution < -0.4 is 16.8 Å². The normalized spacial score (nSPS) is 16.6. The standard InChI is InChI=1S/C19H20Cl2N4O4S/c20-13-5-4-10(7-14(13)21)15-8-12(16(30-15)24-18(22)27)17(26)29-11-3-1-2-6-25(9-11)19(23)28/h4-5,7-8,11H,1-3,6,9H2,(H2,23,28)(H3,22,24,27). The number of esters is 1. The van der Waals surface area contributed by atoms with E-state index in [4.69, 9.17) is 39.4 Å². The van der Waals surface area contributed by atoms with Gasteiger partial charge in [0.2, 0.25) is 0 Å². The Bertz CT molecular complexity index is 981. The fraction of sp³-hybridized carbons (Fsp3) is 0.316. The zero-order chi connectivity index (χ0) is 21.8. The summed E-state index contributed by atoms with van der Waals surface area (Å²) in [7, 11) is 0. The number of thiophene rings is 1. The van der Waals surface area contributed by atoms with E-state index in [1.165, 1.54) is 4.90 Å². The van der Waals surface area contributed by atoms with Crippen molar-refractivity contribution in [3.63, 3.8) is 0 Å². The third-order valence-corrected chi connectivity index (χ3v) is 6.44. The zero-order valence-corrected chi connectivity index (χ0v) is 18.1. The monoisotopic (exact) mass is 470 g/mol. The van der Waals surface area contributed by atoms with E-state index in [2.05, 4.69) is 5.32 Å². The van der Waals surface area contributed by atoms with Gasteiger partial charge in [0.25, 0.3) is 0 Å². The van der Waals surface area contributed by atoms with Crippen LogP contribution in [0.2, 0.25) is 10.0 Å². The van der Waals surface area contributed by atoms with E-state index in [1.807, 2.05) is 0 Å². The smallest absolute Gasteiger partial charge is 0.341 e. The second kappa shape index (κ2) is 9.55. The van der Waals surface area contributed by atoms with E-state index in [1.54, 1.807) is 24.3 Å². The molecule has 1 aromatic heterocycles. The molecule has 4 amide bonds. The molecule has 1 aliphatic rings. The first-order valence-corrected chi connectivity index (χ1v) is 10.7. The lowest BCUT2D eigenvalue weighted by Crippen LogP contribution is -2.41. The molecule has 2 aromatic rings. The van der Waals surface area contributed by atoms with Gasteiger partial charge >= 0.3 is 18.0 Å². The average molecular weight is 471 g/mol. The number of nitrogens with zero attached hydrogens (tertiary/aromatic N) is 1. The summed E-state index contributed by atoms with van der Waals surface area (Å²) in [6.07, 6.45) is 1.69. The minimum Gasteiger partial charge on any atom is -0.457 e. The average Bonchev–Trinajstić information content (AvgIpc) is 2.94. The minimum absolute atomic E-state index is 0.162. The number of benzene rings is 1. The molecule has 30 heavy (non-hydrogen) atoms. The van der Waals surface area contributed by atoms with Gasteiger partial charge in [-0.2, -0.15) is 0 Å². The third kappa shape index (κ3) is 5.35. The van der Waals surface area contributed by atoms with Crippen molar-refractivity contribution in [2.45, 2.75) is 25.4 Å². The molecule has 11 heteroatoms. The van der Waals surface area contributed by atoms with Crippen molar-refractivity contribution in [3.05, 3.63) is 39.9 Å². The van der Waals surface area contributed by atoms with Crippen LogP contribution in [0.5, 0.6) is 0 Å². The summed E-state index contributed by atoms with van der Waals surface area (Å²) in [6.45, 7) is 0.751. The van der Waals surface area contributed by atoms with Gasteiger partial charge < -0.3 is 21.1 Å². The number of ether oxygens (including phenoxy) is 1. The molecule has 1 fully saturated rings. The van der Waals surface area contributed by atoms with Gasteiger partial charge in [0.05, 0.1) is 22.2 Å². The maximum Gasteiger partial charge on any atom is 0.341 e. The SMILES string of the molecule is NC(=O)Nc1sc(-c2ccc(Cl)c(Cl)c2)cc1C(=O)OC1CCCCN(C(N)=O)C1.